The van der Waals surface area contributed by atoms with Gasteiger partial charge in [0.2, 0.25) is 0 Å². The van der Waals surface area contributed by atoms with E-state index in [0.717, 1.165) is 16.8 Å². The molecule has 33 heavy (non-hydrogen) atoms. The molecule has 0 amide bonds. The van der Waals surface area contributed by atoms with Crippen molar-refractivity contribution in [1.29, 1.82) is 0 Å². The van der Waals surface area contributed by atoms with Crippen molar-refractivity contribution in [2.24, 2.45) is 0 Å². The maximum atomic E-state index is 13.6. The van der Waals surface area contributed by atoms with E-state index in [0.29, 0.717) is 17.0 Å². The van der Waals surface area contributed by atoms with Gasteiger partial charge in [-0.3, -0.25) is 4.79 Å². The number of rotatable bonds is 5. The second-order valence-electron chi connectivity index (χ2n) is 6.78. The predicted molar refractivity (Wildman–Crippen MR) is 109 cm³/mol. The van der Waals surface area contributed by atoms with E-state index in [9.17, 15) is 22.8 Å². The zero-order valence-corrected chi connectivity index (χ0v) is 16.6. The molecule has 4 rings (SSSR count). The third kappa shape index (κ3) is 4.87. The van der Waals surface area contributed by atoms with Crippen LogP contribution in [0.2, 0.25) is 0 Å². The lowest BCUT2D eigenvalue weighted by molar-refractivity contribution is 0.144. The summed E-state index contributed by atoms with van der Waals surface area (Å²) >= 11 is 0. The van der Waals surface area contributed by atoms with Crippen LogP contribution < -0.4 is 10.3 Å². The van der Waals surface area contributed by atoms with Crippen molar-refractivity contribution in [2.45, 2.75) is 6.54 Å². The van der Waals surface area contributed by atoms with Crippen molar-refractivity contribution in [3.05, 3.63) is 94.3 Å². The Balaban J connectivity index is 1.62. The molecule has 0 atom stereocenters. The Morgan fingerprint density at radius 2 is 1.67 bits per heavy atom. The van der Waals surface area contributed by atoms with Crippen molar-refractivity contribution in [3.8, 4) is 28.4 Å². The van der Waals surface area contributed by atoms with Crippen molar-refractivity contribution >= 4 is 6.16 Å². The Bertz CT molecular complexity index is 1380. The van der Waals surface area contributed by atoms with Crippen LogP contribution in [0.1, 0.15) is 5.56 Å². The Labute approximate surface area is 183 Å². The van der Waals surface area contributed by atoms with Crippen molar-refractivity contribution in [2.75, 3.05) is 0 Å². The topological polar surface area (TPSA) is 107 Å². The number of halogens is 3. The fourth-order valence-electron chi connectivity index (χ4n) is 3.02. The minimum atomic E-state index is -1.59. The molecule has 0 aliphatic rings. The fourth-order valence-corrected chi connectivity index (χ4v) is 3.02. The molecule has 2 aromatic carbocycles. The molecule has 1 N–H and O–H groups in total. The second kappa shape index (κ2) is 8.91. The third-order valence-corrected chi connectivity index (χ3v) is 4.50. The van der Waals surface area contributed by atoms with Gasteiger partial charge in [0.25, 0.3) is 5.56 Å². The van der Waals surface area contributed by atoms with Gasteiger partial charge in [-0.15, -0.1) is 0 Å². The molecule has 4 aromatic rings. The molecule has 8 nitrogen and oxygen atoms in total. The Morgan fingerprint density at radius 1 is 0.970 bits per heavy atom. The number of nitrogens with zero attached hydrogens (tertiary/aromatic N) is 4. The zero-order chi connectivity index (χ0) is 23.5. The maximum Gasteiger partial charge on any atom is 0.511 e. The van der Waals surface area contributed by atoms with E-state index >= 15 is 0 Å². The van der Waals surface area contributed by atoms with E-state index in [1.54, 1.807) is 24.3 Å². The van der Waals surface area contributed by atoms with Gasteiger partial charge in [0.05, 0.1) is 24.6 Å². The monoisotopic (exact) mass is 454 g/mol. The first-order valence-electron chi connectivity index (χ1n) is 9.35. The van der Waals surface area contributed by atoms with E-state index in [1.165, 1.54) is 24.5 Å². The number of hydrogen-bond acceptors (Lipinski definition) is 6. The number of hydrogen-bond donors (Lipinski definition) is 1. The van der Waals surface area contributed by atoms with Crippen LogP contribution in [0, 0.1) is 17.5 Å². The van der Waals surface area contributed by atoms with E-state index in [-0.39, 0.29) is 23.6 Å². The van der Waals surface area contributed by atoms with E-state index in [4.69, 9.17) is 5.11 Å². The van der Waals surface area contributed by atoms with Crippen LogP contribution in [0.15, 0.2) is 65.7 Å². The quantitative estimate of drug-likeness (QED) is 0.360. The summed E-state index contributed by atoms with van der Waals surface area (Å²) in [5.74, 6) is -4.06. The molecule has 0 saturated heterocycles. The molecule has 166 valence electrons. The summed E-state index contributed by atoms with van der Waals surface area (Å²) in [7, 11) is 0. The predicted octanol–water partition coefficient (Wildman–Crippen LogP) is 3.89. The zero-order valence-electron chi connectivity index (χ0n) is 16.6. The van der Waals surface area contributed by atoms with Crippen LogP contribution in [0.4, 0.5) is 18.0 Å². The number of ether oxygens (including phenoxy) is 1. The van der Waals surface area contributed by atoms with Crippen LogP contribution >= 0.6 is 0 Å². The summed E-state index contributed by atoms with van der Waals surface area (Å²) in [5.41, 5.74) is 0.831. The molecular formula is C22H13F3N4O4. The molecule has 0 unspecified atom stereocenters. The van der Waals surface area contributed by atoms with E-state index in [1.807, 2.05) is 0 Å². The first kappa shape index (κ1) is 21.7. The van der Waals surface area contributed by atoms with Gasteiger partial charge >= 0.3 is 6.16 Å². The summed E-state index contributed by atoms with van der Waals surface area (Å²) in [4.78, 5) is 31.0. The summed E-state index contributed by atoms with van der Waals surface area (Å²) in [6.07, 6.45) is 0.929. The molecule has 11 heteroatoms. The van der Waals surface area contributed by atoms with Gasteiger partial charge in [-0.2, -0.15) is 5.10 Å². The third-order valence-electron chi connectivity index (χ3n) is 4.50. The van der Waals surface area contributed by atoms with Crippen molar-refractivity contribution in [3.63, 3.8) is 0 Å². The smallest absolute Gasteiger partial charge is 0.449 e. The van der Waals surface area contributed by atoms with Gasteiger partial charge in [0.1, 0.15) is 0 Å². The van der Waals surface area contributed by atoms with Gasteiger partial charge in [-0.25, -0.2) is 32.6 Å². The molecular weight excluding hydrogens is 441 g/mol. The van der Waals surface area contributed by atoms with Crippen molar-refractivity contribution in [1.82, 2.24) is 19.7 Å². The lowest BCUT2D eigenvalue weighted by atomic mass is 10.1. The fraction of sp³-hybridized carbons (Fsp3) is 0.0455. The number of aromatic nitrogens is 4. The molecule has 0 fully saturated rings. The molecule has 0 aliphatic heterocycles. The lowest BCUT2D eigenvalue weighted by Crippen LogP contribution is -2.22. The molecule has 2 aromatic heterocycles. The minimum absolute atomic E-state index is 0.0207. The highest BCUT2D eigenvalue weighted by Gasteiger charge is 2.14. The van der Waals surface area contributed by atoms with Gasteiger partial charge in [-0.05, 0) is 29.8 Å². The Hall–Kier alpha value is -4.54. The van der Waals surface area contributed by atoms with Gasteiger partial charge < -0.3 is 9.84 Å². The normalized spacial score (nSPS) is 10.8. The van der Waals surface area contributed by atoms with Gasteiger partial charge in [0, 0.05) is 17.2 Å². The standard InChI is InChI=1S/C22H13F3N4O4/c23-16-7-14(8-17(24)20(16)25)18-4-5-19(30)29(28-18)11-12-2-1-3-13(6-12)21-26-9-15(10-27-21)33-22(31)32/h1-10H,11H2,(H,31,32). The first-order chi connectivity index (χ1) is 15.8. The van der Waals surface area contributed by atoms with Gasteiger partial charge in [-0.1, -0.05) is 18.2 Å². The van der Waals surface area contributed by atoms with Crippen molar-refractivity contribution < 1.29 is 27.8 Å². The lowest BCUT2D eigenvalue weighted by Gasteiger charge is -2.09. The van der Waals surface area contributed by atoms with Crippen LogP contribution in [0.3, 0.4) is 0 Å². The molecule has 0 aliphatic carbocycles. The molecule has 2 heterocycles. The average molecular weight is 454 g/mol. The molecule has 0 bridgehead atoms. The average Bonchev–Trinajstić information content (AvgIpc) is 2.79. The highest BCUT2D eigenvalue weighted by molar-refractivity contribution is 5.61. The number of carboxylic acid groups (broad SMARTS) is 1. The van der Waals surface area contributed by atoms with Crippen LogP contribution in [-0.2, 0) is 6.54 Å². The molecule has 0 radical (unpaired) electrons. The Morgan fingerprint density at radius 3 is 2.33 bits per heavy atom. The SMILES string of the molecule is O=C(O)Oc1cnc(-c2cccc(Cn3nc(-c4cc(F)c(F)c(F)c4)ccc3=O)c2)nc1. The maximum absolute atomic E-state index is 13.6. The van der Waals surface area contributed by atoms with Crippen LogP contribution in [-0.4, -0.2) is 31.0 Å². The highest BCUT2D eigenvalue weighted by Crippen LogP contribution is 2.22. The first-order valence-corrected chi connectivity index (χ1v) is 9.35. The molecule has 0 saturated carbocycles. The summed E-state index contributed by atoms with van der Waals surface area (Å²) in [6, 6.07) is 10.9. The van der Waals surface area contributed by atoms with E-state index in [2.05, 4.69) is 19.8 Å². The van der Waals surface area contributed by atoms with Crippen LogP contribution in [0.25, 0.3) is 22.6 Å². The summed E-state index contributed by atoms with van der Waals surface area (Å²) in [5, 5.41) is 12.8. The summed E-state index contributed by atoms with van der Waals surface area (Å²) in [6.45, 7) is 0.0207. The minimum Gasteiger partial charge on any atom is -0.449 e. The van der Waals surface area contributed by atoms with Gasteiger partial charge in [0.15, 0.2) is 29.0 Å². The number of benzene rings is 2. The largest absolute Gasteiger partial charge is 0.511 e. The molecule has 0 spiro atoms. The van der Waals surface area contributed by atoms with E-state index < -0.39 is 29.2 Å². The highest BCUT2D eigenvalue weighted by atomic mass is 19.2. The van der Waals surface area contributed by atoms with Crippen LogP contribution in [0.5, 0.6) is 5.75 Å². The number of carbonyl (C=O) groups is 1. The second-order valence-corrected chi connectivity index (χ2v) is 6.78. The Kier molecular flexibility index (Phi) is 5.85. The summed E-state index contributed by atoms with van der Waals surface area (Å²) < 4.78 is 46.0.